The number of thiophene rings is 1. The van der Waals surface area contributed by atoms with E-state index in [1.165, 1.54) is 0 Å². The van der Waals surface area contributed by atoms with E-state index >= 15 is 0 Å². The van der Waals surface area contributed by atoms with Crippen LogP contribution in [0.4, 0.5) is 0 Å². The molecule has 0 bridgehead atoms. The summed E-state index contributed by atoms with van der Waals surface area (Å²) in [6.07, 6.45) is 3.85. The molecular formula is C22H18N4O3S. The summed E-state index contributed by atoms with van der Waals surface area (Å²) >= 11 is 1.61. The zero-order valence-electron chi connectivity index (χ0n) is 16.0. The molecule has 4 aromatic rings. The van der Waals surface area contributed by atoms with E-state index in [0.29, 0.717) is 31.2 Å². The van der Waals surface area contributed by atoms with Gasteiger partial charge in [0, 0.05) is 28.4 Å². The number of ether oxygens (including phenoxy) is 1. The van der Waals surface area contributed by atoms with E-state index < -0.39 is 0 Å². The van der Waals surface area contributed by atoms with Crippen molar-refractivity contribution >= 4 is 17.2 Å². The fourth-order valence-corrected chi connectivity index (χ4v) is 3.91. The van der Waals surface area contributed by atoms with E-state index in [2.05, 4.69) is 15.1 Å². The van der Waals surface area contributed by atoms with Crippen molar-refractivity contribution in [2.45, 2.75) is 12.5 Å². The number of likely N-dealkylation sites (tertiary alicyclic amines) is 1. The highest BCUT2D eigenvalue weighted by Crippen LogP contribution is 2.25. The number of nitrogens with zero attached hydrogens (tertiary/aromatic N) is 4. The van der Waals surface area contributed by atoms with Crippen LogP contribution in [0.25, 0.3) is 22.8 Å². The lowest BCUT2D eigenvalue weighted by Crippen LogP contribution is -2.56. The predicted octanol–water partition coefficient (Wildman–Crippen LogP) is 3.69. The van der Waals surface area contributed by atoms with Gasteiger partial charge in [0.05, 0.1) is 19.5 Å². The molecule has 0 unspecified atom stereocenters. The molecule has 30 heavy (non-hydrogen) atoms. The molecule has 0 saturated carbocycles. The number of pyridine rings is 1. The Hall–Kier alpha value is -3.52. The van der Waals surface area contributed by atoms with Gasteiger partial charge in [-0.05, 0) is 47.8 Å². The predicted molar refractivity (Wildman–Crippen MR) is 112 cm³/mol. The average molecular weight is 418 g/mol. The fourth-order valence-electron chi connectivity index (χ4n) is 3.22. The van der Waals surface area contributed by atoms with Crippen molar-refractivity contribution in [2.24, 2.45) is 0 Å². The van der Waals surface area contributed by atoms with Crippen molar-refractivity contribution in [2.75, 3.05) is 13.1 Å². The monoisotopic (exact) mass is 418 g/mol. The molecule has 0 aliphatic carbocycles. The van der Waals surface area contributed by atoms with E-state index in [0.717, 1.165) is 21.8 Å². The Morgan fingerprint density at radius 2 is 1.90 bits per heavy atom. The molecule has 1 aliphatic rings. The van der Waals surface area contributed by atoms with E-state index in [-0.39, 0.29) is 12.0 Å². The summed E-state index contributed by atoms with van der Waals surface area (Å²) < 4.78 is 11.3. The molecule has 1 aromatic carbocycles. The van der Waals surface area contributed by atoms with Gasteiger partial charge in [0.1, 0.15) is 11.9 Å². The maximum absolute atomic E-state index is 12.2. The Morgan fingerprint density at radius 1 is 1.10 bits per heavy atom. The first kappa shape index (κ1) is 18.5. The Labute approximate surface area is 177 Å². The van der Waals surface area contributed by atoms with Gasteiger partial charge < -0.3 is 14.2 Å². The largest absolute Gasteiger partial charge is 0.487 e. The second-order valence-electron chi connectivity index (χ2n) is 6.98. The van der Waals surface area contributed by atoms with Gasteiger partial charge in [-0.1, -0.05) is 11.2 Å². The summed E-state index contributed by atoms with van der Waals surface area (Å²) in [6.45, 7) is 1.23. The molecule has 1 fully saturated rings. The highest BCUT2D eigenvalue weighted by atomic mass is 32.1. The van der Waals surface area contributed by atoms with Crippen LogP contribution < -0.4 is 4.74 Å². The standard InChI is InChI=1S/C22H18N4O3S/c27-20(12-19-2-1-11-30-19)26-13-18(14-26)28-17-5-3-15(4-6-17)21-24-22(29-25-21)16-7-9-23-10-8-16/h1-11,18H,12-14H2. The molecule has 1 amide bonds. The minimum Gasteiger partial charge on any atom is -0.487 e. The minimum atomic E-state index is 0.0200. The molecule has 5 rings (SSSR count). The summed E-state index contributed by atoms with van der Waals surface area (Å²) in [6, 6.07) is 15.2. The zero-order chi connectivity index (χ0) is 20.3. The van der Waals surface area contributed by atoms with E-state index in [1.807, 2.05) is 58.8 Å². The SMILES string of the molecule is O=C(Cc1cccs1)N1CC(Oc2ccc(-c3noc(-c4ccncc4)n3)cc2)C1. The van der Waals surface area contributed by atoms with Crippen LogP contribution in [-0.2, 0) is 11.2 Å². The van der Waals surface area contributed by atoms with Gasteiger partial charge in [0.2, 0.25) is 11.7 Å². The first-order valence-corrected chi connectivity index (χ1v) is 10.4. The van der Waals surface area contributed by atoms with Gasteiger partial charge in [0.15, 0.2) is 0 Å². The van der Waals surface area contributed by atoms with Gasteiger partial charge in [0.25, 0.3) is 5.89 Å². The summed E-state index contributed by atoms with van der Waals surface area (Å²) in [5.74, 6) is 1.87. The zero-order valence-corrected chi connectivity index (χ0v) is 16.8. The lowest BCUT2D eigenvalue weighted by Gasteiger charge is -2.39. The quantitative estimate of drug-likeness (QED) is 0.475. The second kappa shape index (κ2) is 8.08. The number of hydrogen-bond acceptors (Lipinski definition) is 7. The van der Waals surface area contributed by atoms with Crippen LogP contribution in [0.1, 0.15) is 4.88 Å². The van der Waals surface area contributed by atoms with Crippen molar-refractivity contribution in [3.8, 4) is 28.6 Å². The van der Waals surface area contributed by atoms with Crippen LogP contribution in [0.3, 0.4) is 0 Å². The third-order valence-corrected chi connectivity index (χ3v) is 5.75. The number of hydrogen-bond donors (Lipinski definition) is 0. The maximum Gasteiger partial charge on any atom is 0.258 e. The highest BCUT2D eigenvalue weighted by molar-refractivity contribution is 7.10. The Morgan fingerprint density at radius 3 is 2.63 bits per heavy atom. The van der Waals surface area contributed by atoms with E-state index in [4.69, 9.17) is 9.26 Å². The van der Waals surface area contributed by atoms with E-state index in [1.54, 1.807) is 23.7 Å². The summed E-state index contributed by atoms with van der Waals surface area (Å²) in [4.78, 5) is 23.6. The lowest BCUT2D eigenvalue weighted by molar-refractivity contribution is -0.139. The highest BCUT2D eigenvalue weighted by Gasteiger charge is 2.32. The molecule has 0 radical (unpaired) electrons. The molecule has 4 heterocycles. The van der Waals surface area contributed by atoms with Crippen molar-refractivity contribution in [3.63, 3.8) is 0 Å². The molecule has 0 atom stereocenters. The number of carbonyl (C=O) groups is 1. The smallest absolute Gasteiger partial charge is 0.258 e. The van der Waals surface area contributed by atoms with E-state index in [9.17, 15) is 4.79 Å². The molecule has 7 nitrogen and oxygen atoms in total. The molecule has 3 aromatic heterocycles. The Balaban J connectivity index is 1.16. The molecular weight excluding hydrogens is 400 g/mol. The number of benzene rings is 1. The van der Waals surface area contributed by atoms with Crippen molar-refractivity contribution in [3.05, 3.63) is 71.2 Å². The van der Waals surface area contributed by atoms with Crippen molar-refractivity contribution < 1.29 is 14.1 Å². The molecule has 8 heteroatoms. The van der Waals surface area contributed by atoms with Crippen LogP contribution in [0.5, 0.6) is 5.75 Å². The molecule has 1 saturated heterocycles. The van der Waals surface area contributed by atoms with Crippen LogP contribution in [0.15, 0.2) is 70.8 Å². The molecule has 0 N–H and O–H groups in total. The van der Waals surface area contributed by atoms with Gasteiger partial charge in [-0.25, -0.2) is 0 Å². The lowest BCUT2D eigenvalue weighted by atomic mass is 10.1. The van der Waals surface area contributed by atoms with Crippen LogP contribution >= 0.6 is 11.3 Å². The topological polar surface area (TPSA) is 81.4 Å². The molecule has 0 spiro atoms. The third kappa shape index (κ3) is 3.95. The first-order chi connectivity index (χ1) is 14.7. The summed E-state index contributed by atoms with van der Waals surface area (Å²) in [7, 11) is 0. The average Bonchev–Trinajstić information content (AvgIpc) is 3.44. The van der Waals surface area contributed by atoms with Crippen molar-refractivity contribution in [1.82, 2.24) is 20.0 Å². The van der Waals surface area contributed by atoms with Crippen LogP contribution in [0.2, 0.25) is 0 Å². The van der Waals surface area contributed by atoms with Crippen LogP contribution in [-0.4, -0.2) is 45.1 Å². The summed E-state index contributed by atoms with van der Waals surface area (Å²) in [5.41, 5.74) is 1.67. The summed E-state index contributed by atoms with van der Waals surface area (Å²) in [5, 5.41) is 6.04. The number of rotatable bonds is 6. The van der Waals surface area contributed by atoms with Gasteiger partial charge in [-0.15, -0.1) is 11.3 Å². The number of amides is 1. The van der Waals surface area contributed by atoms with Gasteiger partial charge in [-0.2, -0.15) is 4.98 Å². The molecule has 1 aliphatic heterocycles. The van der Waals surface area contributed by atoms with Crippen LogP contribution in [0, 0.1) is 0 Å². The fraction of sp³-hybridized carbons (Fsp3) is 0.182. The Bertz CT molecular complexity index is 1120. The first-order valence-electron chi connectivity index (χ1n) is 9.56. The number of aromatic nitrogens is 3. The van der Waals surface area contributed by atoms with Gasteiger partial charge >= 0.3 is 0 Å². The molecule has 150 valence electrons. The normalized spacial score (nSPS) is 13.8. The maximum atomic E-state index is 12.2. The number of carbonyl (C=O) groups excluding carboxylic acids is 1. The second-order valence-corrected chi connectivity index (χ2v) is 8.01. The minimum absolute atomic E-state index is 0.0200. The Kier molecular flexibility index (Phi) is 4.98. The van der Waals surface area contributed by atoms with Gasteiger partial charge in [-0.3, -0.25) is 9.78 Å². The van der Waals surface area contributed by atoms with Crippen molar-refractivity contribution in [1.29, 1.82) is 0 Å². The third-order valence-electron chi connectivity index (χ3n) is 4.87.